The summed E-state index contributed by atoms with van der Waals surface area (Å²) in [7, 11) is 0. The van der Waals surface area contributed by atoms with Crippen LogP contribution in [0.3, 0.4) is 0 Å². The van der Waals surface area contributed by atoms with Gasteiger partial charge in [-0.25, -0.2) is 4.90 Å². The van der Waals surface area contributed by atoms with E-state index in [1.165, 1.54) is 30.5 Å². The molecule has 4 amide bonds. The highest BCUT2D eigenvalue weighted by atomic mass is 16.3. The number of anilines is 1. The lowest BCUT2D eigenvalue weighted by Gasteiger charge is -2.14. The predicted molar refractivity (Wildman–Crippen MR) is 107 cm³/mol. The molecule has 2 N–H and O–H groups in total. The molecule has 3 aromatic rings. The van der Waals surface area contributed by atoms with Crippen LogP contribution < -0.4 is 15.5 Å². The number of furan rings is 1. The highest BCUT2D eigenvalue weighted by molar-refractivity contribution is 6.34. The Bertz CT molecular complexity index is 1080. The Labute approximate surface area is 171 Å². The molecule has 8 nitrogen and oxygen atoms in total. The van der Waals surface area contributed by atoms with Crippen molar-refractivity contribution in [3.63, 3.8) is 0 Å². The minimum Gasteiger partial charge on any atom is -0.467 e. The second kappa shape index (κ2) is 8.04. The molecule has 0 fully saturated rings. The molecule has 0 unspecified atom stereocenters. The number of nitrogens with zero attached hydrogens (tertiary/aromatic N) is 1. The van der Waals surface area contributed by atoms with Crippen LogP contribution in [0.25, 0.3) is 0 Å². The van der Waals surface area contributed by atoms with Gasteiger partial charge in [-0.1, -0.05) is 12.1 Å². The molecule has 1 aromatic heterocycles. The maximum Gasteiger partial charge on any atom is 0.266 e. The van der Waals surface area contributed by atoms with Crippen molar-refractivity contribution >= 4 is 29.3 Å². The number of rotatable bonds is 6. The van der Waals surface area contributed by atoms with Crippen molar-refractivity contribution in [2.45, 2.75) is 6.54 Å². The summed E-state index contributed by atoms with van der Waals surface area (Å²) in [5, 5.41) is 5.15. The van der Waals surface area contributed by atoms with Gasteiger partial charge in [0.15, 0.2) is 0 Å². The fraction of sp³-hybridized carbons (Fsp3) is 0.0909. The maximum absolute atomic E-state index is 12.5. The molecule has 1 aliphatic heterocycles. The van der Waals surface area contributed by atoms with Gasteiger partial charge in [0.05, 0.1) is 36.2 Å². The molecule has 0 saturated heterocycles. The van der Waals surface area contributed by atoms with Crippen LogP contribution in [0, 0.1) is 0 Å². The monoisotopic (exact) mass is 403 g/mol. The van der Waals surface area contributed by atoms with E-state index in [2.05, 4.69) is 10.6 Å². The Kier molecular flexibility index (Phi) is 5.13. The molecule has 8 heteroatoms. The molecule has 150 valence electrons. The van der Waals surface area contributed by atoms with Crippen molar-refractivity contribution in [2.75, 3.05) is 11.4 Å². The second-order valence-electron chi connectivity index (χ2n) is 6.58. The number of carbonyl (C=O) groups excluding carboxylic acids is 4. The van der Waals surface area contributed by atoms with E-state index in [0.29, 0.717) is 28.1 Å². The Hall–Kier alpha value is -4.20. The van der Waals surface area contributed by atoms with Gasteiger partial charge < -0.3 is 15.1 Å². The van der Waals surface area contributed by atoms with E-state index in [1.807, 2.05) is 0 Å². The molecule has 0 spiro atoms. The lowest BCUT2D eigenvalue weighted by Crippen LogP contribution is -2.36. The first-order valence-electron chi connectivity index (χ1n) is 9.20. The van der Waals surface area contributed by atoms with Gasteiger partial charge in [0.2, 0.25) is 5.91 Å². The van der Waals surface area contributed by atoms with E-state index >= 15 is 0 Å². The Morgan fingerprint density at radius 2 is 1.50 bits per heavy atom. The van der Waals surface area contributed by atoms with Crippen molar-refractivity contribution in [3.8, 4) is 0 Å². The predicted octanol–water partition coefficient (Wildman–Crippen LogP) is 2.13. The first kappa shape index (κ1) is 19.1. The molecule has 0 saturated carbocycles. The SMILES string of the molecule is O=C(CNC(=O)c1ccc(N2C(=O)c3ccccc3C2=O)cc1)NCc1ccco1. The molecule has 0 radical (unpaired) electrons. The first-order chi connectivity index (χ1) is 14.5. The minimum absolute atomic E-state index is 0.195. The third-order valence-corrected chi connectivity index (χ3v) is 4.63. The highest BCUT2D eigenvalue weighted by Crippen LogP contribution is 2.28. The third-order valence-electron chi connectivity index (χ3n) is 4.63. The fourth-order valence-corrected chi connectivity index (χ4v) is 3.11. The van der Waals surface area contributed by atoms with Crippen molar-refractivity contribution in [3.05, 3.63) is 89.4 Å². The molecular formula is C22H17N3O5. The number of amides is 4. The van der Waals surface area contributed by atoms with Crippen molar-refractivity contribution in [1.82, 2.24) is 10.6 Å². The number of hydrogen-bond acceptors (Lipinski definition) is 5. The van der Waals surface area contributed by atoms with Gasteiger partial charge in [0, 0.05) is 5.56 Å². The number of imide groups is 1. The zero-order chi connectivity index (χ0) is 21.1. The highest BCUT2D eigenvalue weighted by Gasteiger charge is 2.36. The first-order valence-corrected chi connectivity index (χ1v) is 9.20. The number of fused-ring (bicyclic) bond motifs is 1. The summed E-state index contributed by atoms with van der Waals surface area (Å²) in [5.41, 5.74) is 1.37. The number of hydrogen-bond donors (Lipinski definition) is 2. The minimum atomic E-state index is -0.447. The van der Waals surface area contributed by atoms with Gasteiger partial charge in [-0.15, -0.1) is 0 Å². The Morgan fingerprint density at radius 1 is 0.833 bits per heavy atom. The molecule has 0 aliphatic carbocycles. The van der Waals surface area contributed by atoms with Crippen LogP contribution in [0.5, 0.6) is 0 Å². The van der Waals surface area contributed by atoms with Gasteiger partial charge in [-0.05, 0) is 48.5 Å². The Balaban J connectivity index is 1.35. The summed E-state index contributed by atoms with van der Waals surface area (Å²) < 4.78 is 5.11. The second-order valence-corrected chi connectivity index (χ2v) is 6.58. The molecule has 0 atom stereocenters. The van der Waals surface area contributed by atoms with Crippen molar-refractivity contribution < 1.29 is 23.6 Å². The van der Waals surface area contributed by atoms with Gasteiger partial charge in [-0.3, -0.25) is 19.2 Å². The summed E-state index contributed by atoms with van der Waals surface area (Å²) in [5.74, 6) is -1.00. The summed E-state index contributed by atoms with van der Waals surface area (Å²) in [6.07, 6.45) is 1.51. The smallest absolute Gasteiger partial charge is 0.266 e. The Morgan fingerprint density at radius 3 is 2.10 bits per heavy atom. The molecule has 1 aliphatic rings. The zero-order valence-corrected chi connectivity index (χ0v) is 15.8. The topological polar surface area (TPSA) is 109 Å². The maximum atomic E-state index is 12.5. The van der Waals surface area contributed by atoms with Gasteiger partial charge in [0.1, 0.15) is 5.76 Å². The number of nitrogens with one attached hydrogen (secondary N) is 2. The van der Waals surface area contributed by atoms with Gasteiger partial charge in [0.25, 0.3) is 17.7 Å². The third kappa shape index (κ3) is 3.70. The summed E-state index contributed by atoms with van der Waals surface area (Å²) >= 11 is 0. The molecule has 0 bridgehead atoms. The van der Waals surface area contributed by atoms with Crippen LogP contribution in [-0.2, 0) is 11.3 Å². The van der Waals surface area contributed by atoms with E-state index < -0.39 is 17.7 Å². The van der Waals surface area contributed by atoms with Gasteiger partial charge >= 0.3 is 0 Å². The zero-order valence-electron chi connectivity index (χ0n) is 15.8. The molecule has 2 aromatic carbocycles. The van der Waals surface area contributed by atoms with Crippen molar-refractivity contribution in [2.24, 2.45) is 0 Å². The summed E-state index contributed by atoms with van der Waals surface area (Å²) in [6.45, 7) is 0.0381. The van der Waals surface area contributed by atoms with E-state index in [-0.39, 0.29) is 19.0 Å². The van der Waals surface area contributed by atoms with Crippen LogP contribution in [0.1, 0.15) is 36.8 Å². The number of carbonyl (C=O) groups is 4. The molecular weight excluding hydrogens is 386 g/mol. The van der Waals surface area contributed by atoms with E-state index in [1.54, 1.807) is 36.4 Å². The van der Waals surface area contributed by atoms with E-state index in [4.69, 9.17) is 4.42 Å². The van der Waals surface area contributed by atoms with Crippen LogP contribution in [-0.4, -0.2) is 30.2 Å². The molecule has 2 heterocycles. The average molecular weight is 403 g/mol. The van der Waals surface area contributed by atoms with Crippen LogP contribution >= 0.6 is 0 Å². The fourth-order valence-electron chi connectivity index (χ4n) is 3.11. The number of benzene rings is 2. The van der Waals surface area contributed by atoms with E-state index in [9.17, 15) is 19.2 Å². The normalized spacial score (nSPS) is 12.6. The summed E-state index contributed by atoms with van der Waals surface area (Å²) in [4.78, 5) is 50.2. The van der Waals surface area contributed by atoms with Crippen molar-refractivity contribution in [1.29, 1.82) is 0 Å². The van der Waals surface area contributed by atoms with Crippen LogP contribution in [0.2, 0.25) is 0 Å². The summed E-state index contributed by atoms with van der Waals surface area (Å²) in [6, 6.07) is 16.1. The largest absolute Gasteiger partial charge is 0.467 e. The van der Waals surface area contributed by atoms with Crippen LogP contribution in [0.4, 0.5) is 5.69 Å². The van der Waals surface area contributed by atoms with E-state index in [0.717, 1.165) is 4.90 Å². The van der Waals surface area contributed by atoms with Gasteiger partial charge in [-0.2, -0.15) is 0 Å². The van der Waals surface area contributed by atoms with Crippen LogP contribution in [0.15, 0.2) is 71.3 Å². The molecule has 4 rings (SSSR count). The molecule has 30 heavy (non-hydrogen) atoms. The lowest BCUT2D eigenvalue weighted by molar-refractivity contribution is -0.120. The lowest BCUT2D eigenvalue weighted by atomic mass is 10.1. The standard InChI is InChI=1S/C22H17N3O5/c26-19(23-12-16-4-3-11-30-16)13-24-20(27)14-7-9-15(10-8-14)25-21(28)17-5-1-2-6-18(17)22(25)29/h1-11H,12-13H2,(H,23,26)(H,24,27). The average Bonchev–Trinajstić information content (AvgIpc) is 3.38. The quantitative estimate of drug-likeness (QED) is 0.613.